The van der Waals surface area contributed by atoms with Crippen molar-refractivity contribution in [1.29, 1.82) is 0 Å². The van der Waals surface area contributed by atoms with Crippen LogP contribution in [0.3, 0.4) is 0 Å². The smallest absolute Gasteiger partial charge is 0.150 e. The molecular formula is C17H24N4. The van der Waals surface area contributed by atoms with Crippen LogP contribution in [0.2, 0.25) is 0 Å². The third-order valence-corrected chi connectivity index (χ3v) is 4.30. The molecule has 1 aliphatic carbocycles. The molecule has 1 aromatic heterocycles. The van der Waals surface area contributed by atoms with Gasteiger partial charge in [-0.3, -0.25) is 10.00 Å². The Morgan fingerprint density at radius 2 is 1.90 bits per heavy atom. The zero-order chi connectivity index (χ0) is 14.7. The molecule has 0 spiro atoms. The number of hydrogen-bond donors (Lipinski definition) is 1. The molecule has 0 bridgehead atoms. The summed E-state index contributed by atoms with van der Waals surface area (Å²) in [5, 5.41) is 7.34. The lowest BCUT2D eigenvalue weighted by Crippen LogP contribution is -2.36. The fourth-order valence-electron chi connectivity index (χ4n) is 3.23. The van der Waals surface area contributed by atoms with Gasteiger partial charge < -0.3 is 0 Å². The van der Waals surface area contributed by atoms with E-state index in [0.717, 1.165) is 44.0 Å². The Morgan fingerprint density at radius 3 is 2.48 bits per heavy atom. The summed E-state index contributed by atoms with van der Waals surface area (Å²) >= 11 is 0. The summed E-state index contributed by atoms with van der Waals surface area (Å²) in [6, 6.07) is 9.43. The first kappa shape index (κ1) is 14.3. The zero-order valence-corrected chi connectivity index (χ0v) is 13.0. The van der Waals surface area contributed by atoms with Gasteiger partial charge in [-0.2, -0.15) is 5.10 Å². The molecule has 0 amide bonds. The number of rotatable bonds is 6. The van der Waals surface area contributed by atoms with Crippen LogP contribution in [0.1, 0.15) is 43.0 Å². The Labute approximate surface area is 126 Å². The van der Waals surface area contributed by atoms with E-state index in [1.54, 1.807) is 0 Å². The highest BCUT2D eigenvalue weighted by atomic mass is 15.3. The molecule has 21 heavy (non-hydrogen) atoms. The number of aryl methyl sites for hydroxylation is 1. The van der Waals surface area contributed by atoms with Gasteiger partial charge in [0.1, 0.15) is 11.6 Å². The van der Waals surface area contributed by atoms with Crippen molar-refractivity contribution in [3.8, 4) is 0 Å². The maximum Gasteiger partial charge on any atom is 0.150 e. The summed E-state index contributed by atoms with van der Waals surface area (Å²) in [5.74, 6) is 1.91. The predicted molar refractivity (Wildman–Crippen MR) is 84.1 cm³/mol. The molecule has 4 nitrogen and oxygen atoms in total. The fraction of sp³-hybridized carbons (Fsp3) is 0.529. The third-order valence-electron chi connectivity index (χ3n) is 4.30. The number of aromatic nitrogens is 3. The van der Waals surface area contributed by atoms with Crippen molar-refractivity contribution in [2.24, 2.45) is 0 Å². The van der Waals surface area contributed by atoms with Crippen molar-refractivity contribution in [2.45, 2.75) is 52.1 Å². The second-order valence-corrected chi connectivity index (χ2v) is 5.85. The Kier molecular flexibility index (Phi) is 4.34. The van der Waals surface area contributed by atoms with Gasteiger partial charge in [0.05, 0.1) is 6.54 Å². The highest BCUT2D eigenvalue weighted by Gasteiger charge is 2.26. The second-order valence-electron chi connectivity index (χ2n) is 5.85. The number of benzene rings is 1. The van der Waals surface area contributed by atoms with Crippen LogP contribution in [0.25, 0.3) is 0 Å². The van der Waals surface area contributed by atoms with Crippen molar-refractivity contribution in [1.82, 2.24) is 20.1 Å². The van der Waals surface area contributed by atoms with Gasteiger partial charge >= 0.3 is 0 Å². The fourth-order valence-corrected chi connectivity index (χ4v) is 3.23. The van der Waals surface area contributed by atoms with Crippen LogP contribution in [0.15, 0.2) is 24.3 Å². The van der Waals surface area contributed by atoms with Crippen LogP contribution >= 0.6 is 0 Å². The summed E-state index contributed by atoms with van der Waals surface area (Å²) in [7, 11) is 0. The summed E-state index contributed by atoms with van der Waals surface area (Å²) < 4.78 is 0. The SMILES string of the molecule is CCCN(Cc1nc(CC)n[nH]1)C1Cc2ccccc2C1. The molecule has 0 radical (unpaired) electrons. The normalized spacial score (nSPS) is 14.8. The number of aromatic amines is 1. The van der Waals surface area contributed by atoms with Crippen LogP contribution < -0.4 is 0 Å². The maximum atomic E-state index is 4.56. The lowest BCUT2D eigenvalue weighted by atomic mass is 10.1. The van der Waals surface area contributed by atoms with E-state index >= 15 is 0 Å². The number of fused-ring (bicyclic) bond motifs is 1. The molecule has 0 saturated heterocycles. The summed E-state index contributed by atoms with van der Waals surface area (Å²) in [5.41, 5.74) is 3.02. The molecule has 1 N–H and O–H groups in total. The van der Waals surface area contributed by atoms with Gasteiger partial charge in [0.25, 0.3) is 0 Å². The van der Waals surface area contributed by atoms with Gasteiger partial charge in [-0.15, -0.1) is 0 Å². The number of H-pyrrole nitrogens is 1. The Bertz CT molecular complexity index is 565. The van der Waals surface area contributed by atoms with Gasteiger partial charge in [0.2, 0.25) is 0 Å². The highest BCUT2D eigenvalue weighted by Crippen LogP contribution is 2.26. The van der Waals surface area contributed by atoms with Crippen LogP contribution in [0, 0.1) is 0 Å². The second kappa shape index (κ2) is 6.39. The molecule has 1 aliphatic rings. The first-order chi connectivity index (χ1) is 10.3. The van der Waals surface area contributed by atoms with E-state index in [4.69, 9.17) is 0 Å². The number of nitrogens with one attached hydrogen (secondary N) is 1. The minimum atomic E-state index is 0.595. The van der Waals surface area contributed by atoms with Crippen LogP contribution in [-0.2, 0) is 25.8 Å². The van der Waals surface area contributed by atoms with Crippen LogP contribution in [-0.4, -0.2) is 32.7 Å². The van der Waals surface area contributed by atoms with E-state index < -0.39 is 0 Å². The number of nitrogens with zero attached hydrogens (tertiary/aromatic N) is 3. The van der Waals surface area contributed by atoms with Gasteiger partial charge in [0.15, 0.2) is 0 Å². The molecule has 1 aromatic carbocycles. The molecule has 2 aromatic rings. The van der Waals surface area contributed by atoms with Gasteiger partial charge in [0, 0.05) is 12.5 Å². The zero-order valence-electron chi connectivity index (χ0n) is 13.0. The van der Waals surface area contributed by atoms with Crippen molar-refractivity contribution in [3.05, 3.63) is 47.0 Å². The quantitative estimate of drug-likeness (QED) is 0.887. The highest BCUT2D eigenvalue weighted by molar-refractivity contribution is 5.33. The van der Waals surface area contributed by atoms with Crippen LogP contribution in [0.5, 0.6) is 0 Å². The molecule has 4 heteroatoms. The molecule has 0 saturated carbocycles. The Balaban J connectivity index is 1.70. The molecule has 0 atom stereocenters. The average Bonchev–Trinajstić information content (AvgIpc) is 3.12. The summed E-state index contributed by atoms with van der Waals surface area (Å²) in [6.45, 7) is 6.32. The van der Waals surface area contributed by atoms with Crippen molar-refractivity contribution >= 4 is 0 Å². The molecule has 0 unspecified atom stereocenters. The Hall–Kier alpha value is -1.68. The van der Waals surface area contributed by atoms with Gasteiger partial charge in [-0.05, 0) is 36.9 Å². The standard InChI is InChI=1S/C17H24N4/c1-3-9-21(12-17-18-16(4-2)19-20-17)15-10-13-7-5-6-8-14(13)11-15/h5-8,15H,3-4,9-12H2,1-2H3,(H,18,19,20). The van der Waals surface area contributed by atoms with Gasteiger partial charge in [-0.1, -0.05) is 38.1 Å². The van der Waals surface area contributed by atoms with Crippen molar-refractivity contribution < 1.29 is 0 Å². The minimum absolute atomic E-state index is 0.595. The van der Waals surface area contributed by atoms with E-state index in [0.29, 0.717) is 6.04 Å². The monoisotopic (exact) mass is 284 g/mol. The largest absolute Gasteiger partial charge is 0.292 e. The molecule has 0 fully saturated rings. The van der Waals surface area contributed by atoms with Crippen molar-refractivity contribution in [3.63, 3.8) is 0 Å². The molecular weight excluding hydrogens is 260 g/mol. The minimum Gasteiger partial charge on any atom is -0.292 e. The van der Waals surface area contributed by atoms with Crippen molar-refractivity contribution in [2.75, 3.05) is 6.54 Å². The van der Waals surface area contributed by atoms with Crippen LogP contribution in [0.4, 0.5) is 0 Å². The molecule has 1 heterocycles. The summed E-state index contributed by atoms with van der Waals surface area (Å²) in [6.07, 6.45) is 4.37. The lowest BCUT2D eigenvalue weighted by Gasteiger charge is -2.27. The summed E-state index contributed by atoms with van der Waals surface area (Å²) in [4.78, 5) is 7.12. The maximum absolute atomic E-state index is 4.56. The van der Waals surface area contributed by atoms with E-state index in [9.17, 15) is 0 Å². The first-order valence-corrected chi connectivity index (χ1v) is 8.01. The van der Waals surface area contributed by atoms with Gasteiger partial charge in [-0.25, -0.2) is 4.98 Å². The van der Waals surface area contributed by atoms with E-state index in [2.05, 4.69) is 58.2 Å². The van der Waals surface area contributed by atoms with E-state index in [1.165, 1.54) is 17.5 Å². The van der Waals surface area contributed by atoms with E-state index in [1.807, 2.05) is 0 Å². The van der Waals surface area contributed by atoms with E-state index in [-0.39, 0.29) is 0 Å². The molecule has 0 aliphatic heterocycles. The number of hydrogen-bond acceptors (Lipinski definition) is 3. The lowest BCUT2D eigenvalue weighted by molar-refractivity contribution is 0.188. The Morgan fingerprint density at radius 1 is 1.19 bits per heavy atom. The average molecular weight is 284 g/mol. The first-order valence-electron chi connectivity index (χ1n) is 8.01. The molecule has 3 rings (SSSR count). The topological polar surface area (TPSA) is 44.8 Å². The third kappa shape index (κ3) is 3.16. The predicted octanol–water partition coefficient (Wildman–Crippen LogP) is 2.75. The molecule has 112 valence electrons.